The summed E-state index contributed by atoms with van der Waals surface area (Å²) in [5.41, 5.74) is 1.32. The van der Waals surface area contributed by atoms with Gasteiger partial charge in [-0.3, -0.25) is 4.90 Å². The fourth-order valence-electron chi connectivity index (χ4n) is 2.38. The first-order chi connectivity index (χ1) is 8.13. The van der Waals surface area contributed by atoms with Crippen molar-refractivity contribution in [3.8, 4) is 0 Å². The number of imidazole rings is 1. The molecule has 1 aliphatic rings. The fourth-order valence-corrected chi connectivity index (χ4v) is 2.64. The van der Waals surface area contributed by atoms with Gasteiger partial charge in [0.1, 0.15) is 0 Å². The zero-order valence-electron chi connectivity index (χ0n) is 11.1. The van der Waals surface area contributed by atoms with Crippen LogP contribution in [0.1, 0.15) is 45.2 Å². The van der Waals surface area contributed by atoms with Crippen LogP contribution in [0.5, 0.6) is 0 Å². The van der Waals surface area contributed by atoms with Crippen LogP contribution in [0.25, 0.3) is 0 Å². The molecule has 1 heterocycles. The van der Waals surface area contributed by atoms with Crippen LogP contribution in [-0.2, 0) is 6.54 Å². The molecule has 0 amide bonds. The molecule has 0 aromatic carbocycles. The number of likely N-dealkylation sites (N-methyl/N-ethyl adjacent to an activating group) is 1. The van der Waals surface area contributed by atoms with Gasteiger partial charge in [-0.1, -0.05) is 20.8 Å². The number of rotatable bonds is 6. The Morgan fingerprint density at radius 2 is 2.24 bits per heavy atom. The first-order valence-corrected chi connectivity index (χ1v) is 7.06. The van der Waals surface area contributed by atoms with E-state index in [0.717, 1.165) is 30.4 Å². The van der Waals surface area contributed by atoms with Crippen LogP contribution in [0, 0.1) is 4.77 Å². The van der Waals surface area contributed by atoms with Gasteiger partial charge >= 0.3 is 0 Å². The standard InChI is InChI=1S/C13H23N3S/c1-4-15(11-5-6-11)7-8-16-12(10(2)3)9-14-13(16)17/h9-11H,4-8H2,1-3H3,(H,14,17). The highest BCUT2D eigenvalue weighted by Crippen LogP contribution is 2.26. The van der Waals surface area contributed by atoms with Crippen molar-refractivity contribution >= 4 is 12.2 Å². The van der Waals surface area contributed by atoms with Crippen molar-refractivity contribution in [1.29, 1.82) is 0 Å². The lowest BCUT2D eigenvalue weighted by Gasteiger charge is -2.21. The Bertz CT molecular complexity index is 415. The maximum atomic E-state index is 5.35. The van der Waals surface area contributed by atoms with E-state index in [-0.39, 0.29) is 0 Å². The van der Waals surface area contributed by atoms with Crippen molar-refractivity contribution in [3.63, 3.8) is 0 Å². The van der Waals surface area contributed by atoms with Crippen molar-refractivity contribution in [2.45, 2.75) is 52.1 Å². The van der Waals surface area contributed by atoms with Crippen LogP contribution in [-0.4, -0.2) is 33.6 Å². The van der Waals surface area contributed by atoms with Crippen LogP contribution in [0.4, 0.5) is 0 Å². The normalized spacial score (nSPS) is 16.1. The van der Waals surface area contributed by atoms with E-state index in [1.165, 1.54) is 18.5 Å². The third-order valence-electron chi connectivity index (χ3n) is 3.57. The first kappa shape index (κ1) is 12.8. The summed E-state index contributed by atoms with van der Waals surface area (Å²) in [5.74, 6) is 0.527. The van der Waals surface area contributed by atoms with E-state index in [9.17, 15) is 0 Å². The minimum atomic E-state index is 0.527. The molecule has 1 saturated carbocycles. The Hall–Kier alpha value is -0.610. The summed E-state index contributed by atoms with van der Waals surface area (Å²) >= 11 is 5.35. The molecule has 4 heteroatoms. The zero-order chi connectivity index (χ0) is 12.4. The lowest BCUT2D eigenvalue weighted by molar-refractivity contribution is 0.264. The van der Waals surface area contributed by atoms with Crippen molar-refractivity contribution in [3.05, 3.63) is 16.7 Å². The minimum Gasteiger partial charge on any atom is -0.337 e. The van der Waals surface area contributed by atoms with Crippen molar-refractivity contribution in [2.24, 2.45) is 0 Å². The van der Waals surface area contributed by atoms with Gasteiger partial charge in [-0.05, 0) is 37.5 Å². The second kappa shape index (κ2) is 5.36. The third-order valence-corrected chi connectivity index (χ3v) is 3.91. The molecule has 96 valence electrons. The molecular formula is C13H23N3S. The molecule has 0 saturated heterocycles. The number of hydrogen-bond donors (Lipinski definition) is 1. The Kier molecular flexibility index (Phi) is 4.05. The average molecular weight is 253 g/mol. The van der Waals surface area contributed by atoms with Gasteiger partial charge in [-0.15, -0.1) is 0 Å². The Balaban J connectivity index is 2.02. The molecule has 1 aromatic heterocycles. The third kappa shape index (κ3) is 2.99. The number of aromatic amines is 1. The van der Waals surface area contributed by atoms with E-state index in [0.29, 0.717) is 5.92 Å². The van der Waals surface area contributed by atoms with Crippen LogP contribution in [0.15, 0.2) is 6.20 Å². The molecular weight excluding hydrogens is 230 g/mol. The van der Waals surface area contributed by atoms with Crippen molar-refractivity contribution < 1.29 is 0 Å². The van der Waals surface area contributed by atoms with Crippen LogP contribution >= 0.6 is 12.2 Å². The van der Waals surface area contributed by atoms with Gasteiger partial charge in [0.2, 0.25) is 0 Å². The maximum absolute atomic E-state index is 5.35. The van der Waals surface area contributed by atoms with Gasteiger partial charge in [0.25, 0.3) is 0 Å². The number of H-pyrrole nitrogens is 1. The van der Waals surface area contributed by atoms with Crippen LogP contribution in [0.2, 0.25) is 0 Å². The molecule has 0 bridgehead atoms. The summed E-state index contributed by atoms with van der Waals surface area (Å²) < 4.78 is 3.12. The summed E-state index contributed by atoms with van der Waals surface area (Å²) in [4.78, 5) is 5.73. The number of nitrogens with zero attached hydrogens (tertiary/aromatic N) is 2. The zero-order valence-corrected chi connectivity index (χ0v) is 11.9. The molecule has 2 rings (SSSR count). The molecule has 3 nitrogen and oxygen atoms in total. The van der Waals surface area contributed by atoms with Crippen molar-refractivity contribution in [2.75, 3.05) is 13.1 Å². The largest absolute Gasteiger partial charge is 0.337 e. The fraction of sp³-hybridized carbons (Fsp3) is 0.769. The highest BCUT2D eigenvalue weighted by molar-refractivity contribution is 7.71. The van der Waals surface area contributed by atoms with Gasteiger partial charge in [0.15, 0.2) is 4.77 Å². The maximum Gasteiger partial charge on any atom is 0.177 e. The summed E-state index contributed by atoms with van der Waals surface area (Å²) in [6, 6.07) is 0.843. The summed E-state index contributed by atoms with van der Waals surface area (Å²) in [7, 11) is 0. The first-order valence-electron chi connectivity index (χ1n) is 6.65. The van der Waals surface area contributed by atoms with Gasteiger partial charge in [0.05, 0.1) is 0 Å². The van der Waals surface area contributed by atoms with E-state index in [1.54, 1.807) is 0 Å². The number of hydrogen-bond acceptors (Lipinski definition) is 2. The second-order valence-electron chi connectivity index (χ2n) is 5.18. The predicted octanol–water partition coefficient (Wildman–Crippen LogP) is 3.15. The molecule has 1 aromatic rings. The molecule has 1 N–H and O–H groups in total. The van der Waals surface area contributed by atoms with Gasteiger partial charge in [-0.25, -0.2) is 0 Å². The average Bonchev–Trinajstić information content (AvgIpc) is 3.05. The monoisotopic (exact) mass is 253 g/mol. The molecule has 1 aliphatic carbocycles. The van der Waals surface area contributed by atoms with E-state index >= 15 is 0 Å². The lowest BCUT2D eigenvalue weighted by Crippen LogP contribution is -2.29. The van der Waals surface area contributed by atoms with Gasteiger partial charge in [0, 0.05) is 31.0 Å². The SMILES string of the molecule is CCN(CCn1c(C(C)C)c[nH]c1=S)C1CC1. The topological polar surface area (TPSA) is 24.0 Å². The molecule has 0 spiro atoms. The number of nitrogens with one attached hydrogen (secondary N) is 1. The summed E-state index contributed by atoms with van der Waals surface area (Å²) in [6.07, 6.45) is 4.81. The van der Waals surface area contributed by atoms with Crippen LogP contribution in [0.3, 0.4) is 0 Å². The Morgan fingerprint density at radius 3 is 2.76 bits per heavy atom. The Morgan fingerprint density at radius 1 is 1.53 bits per heavy atom. The van der Waals surface area contributed by atoms with Crippen molar-refractivity contribution in [1.82, 2.24) is 14.5 Å². The predicted molar refractivity (Wildman–Crippen MR) is 74.0 cm³/mol. The molecule has 0 unspecified atom stereocenters. The van der Waals surface area contributed by atoms with Gasteiger partial charge < -0.3 is 9.55 Å². The molecule has 17 heavy (non-hydrogen) atoms. The molecule has 1 fully saturated rings. The number of aromatic nitrogens is 2. The molecule has 0 atom stereocenters. The highest BCUT2D eigenvalue weighted by Gasteiger charge is 2.27. The summed E-state index contributed by atoms with van der Waals surface area (Å²) in [6.45, 7) is 9.96. The molecule has 0 aliphatic heterocycles. The van der Waals surface area contributed by atoms with E-state index in [1.807, 2.05) is 0 Å². The van der Waals surface area contributed by atoms with E-state index in [4.69, 9.17) is 12.2 Å². The highest BCUT2D eigenvalue weighted by atomic mass is 32.1. The summed E-state index contributed by atoms with van der Waals surface area (Å²) in [5, 5.41) is 0. The van der Waals surface area contributed by atoms with E-state index < -0.39 is 0 Å². The van der Waals surface area contributed by atoms with E-state index in [2.05, 4.69) is 41.4 Å². The Labute approximate surface area is 109 Å². The smallest absolute Gasteiger partial charge is 0.177 e. The minimum absolute atomic E-state index is 0.527. The molecule has 0 radical (unpaired) electrons. The van der Waals surface area contributed by atoms with Gasteiger partial charge in [-0.2, -0.15) is 0 Å². The second-order valence-corrected chi connectivity index (χ2v) is 5.57. The van der Waals surface area contributed by atoms with Crippen LogP contribution < -0.4 is 0 Å². The lowest BCUT2D eigenvalue weighted by atomic mass is 10.1. The quantitative estimate of drug-likeness (QED) is 0.787.